The molecule has 9 heteroatoms. The monoisotopic (exact) mass is 506 g/mol. The van der Waals surface area contributed by atoms with E-state index in [4.69, 9.17) is 20.9 Å². The lowest BCUT2D eigenvalue weighted by Gasteiger charge is -2.27. The van der Waals surface area contributed by atoms with Gasteiger partial charge in [-0.2, -0.15) is 0 Å². The van der Waals surface area contributed by atoms with Crippen molar-refractivity contribution in [1.29, 1.82) is 0 Å². The van der Waals surface area contributed by atoms with E-state index in [0.717, 1.165) is 6.42 Å². The molecule has 0 aliphatic rings. The van der Waals surface area contributed by atoms with Gasteiger partial charge in [0.15, 0.2) is 5.60 Å². The molecule has 3 aromatic rings. The number of carbonyl (C=O) groups is 3. The zero-order valence-corrected chi connectivity index (χ0v) is 20.4. The van der Waals surface area contributed by atoms with E-state index >= 15 is 0 Å². The van der Waals surface area contributed by atoms with Crippen molar-refractivity contribution >= 4 is 17.8 Å². The molecule has 3 rings (SSSR count). The lowest BCUT2D eigenvalue weighted by Crippen LogP contribution is -2.43. The summed E-state index contributed by atoms with van der Waals surface area (Å²) in [5.41, 5.74) is 10.1. The van der Waals surface area contributed by atoms with Crippen LogP contribution in [0.25, 0.3) is 0 Å². The number of phenols is 1. The van der Waals surface area contributed by atoms with Crippen molar-refractivity contribution in [2.24, 2.45) is 11.5 Å². The van der Waals surface area contributed by atoms with Crippen LogP contribution in [0, 0.1) is 0 Å². The Hall–Kier alpha value is -4.21. The molecule has 0 bridgehead atoms. The van der Waals surface area contributed by atoms with E-state index in [-0.39, 0.29) is 41.2 Å². The Morgan fingerprint density at radius 2 is 1.68 bits per heavy atom. The Labute approximate surface area is 214 Å². The molecule has 0 aromatic heterocycles. The summed E-state index contributed by atoms with van der Waals surface area (Å²) >= 11 is 0. The van der Waals surface area contributed by atoms with Gasteiger partial charge < -0.3 is 31.2 Å². The number of aliphatic hydroxyl groups is 1. The maximum absolute atomic E-state index is 13.0. The molecular weight excluding hydrogens is 476 g/mol. The predicted molar refractivity (Wildman–Crippen MR) is 136 cm³/mol. The average molecular weight is 507 g/mol. The Morgan fingerprint density at radius 3 is 2.35 bits per heavy atom. The lowest BCUT2D eigenvalue weighted by atomic mass is 9.85. The maximum atomic E-state index is 13.0. The van der Waals surface area contributed by atoms with Crippen molar-refractivity contribution in [3.8, 4) is 11.5 Å². The van der Waals surface area contributed by atoms with E-state index in [0.29, 0.717) is 12.0 Å². The average Bonchev–Trinajstić information content (AvgIpc) is 2.89. The van der Waals surface area contributed by atoms with E-state index < -0.39 is 29.5 Å². The molecule has 0 radical (unpaired) electrons. The number of aromatic hydroxyl groups is 1. The topological polar surface area (TPSA) is 162 Å². The predicted octanol–water partition coefficient (Wildman–Crippen LogP) is 2.55. The highest BCUT2D eigenvalue weighted by Gasteiger charge is 2.41. The highest BCUT2D eigenvalue weighted by molar-refractivity contribution is 5.92. The minimum atomic E-state index is -2.27. The number of nitrogens with two attached hydrogens (primary N) is 2. The fraction of sp³-hybridized carbons (Fsp3) is 0.250. The molecule has 0 aliphatic heterocycles. The summed E-state index contributed by atoms with van der Waals surface area (Å²) in [7, 11) is 0. The summed E-state index contributed by atoms with van der Waals surface area (Å²) in [5, 5.41) is 21.2. The number of esters is 2. The first kappa shape index (κ1) is 27.4. The molecule has 0 heterocycles. The number of hydrogen-bond acceptors (Lipinski definition) is 8. The number of para-hydroxylation sites is 1. The van der Waals surface area contributed by atoms with Crippen molar-refractivity contribution in [3.05, 3.63) is 95.1 Å². The maximum Gasteiger partial charge on any atom is 0.338 e. The molecule has 0 saturated carbocycles. The Balaban J connectivity index is 1.85. The van der Waals surface area contributed by atoms with Crippen LogP contribution in [-0.2, 0) is 26.3 Å². The minimum absolute atomic E-state index is 0.0286. The Bertz CT molecular complexity index is 1260. The van der Waals surface area contributed by atoms with Crippen molar-refractivity contribution in [2.75, 3.05) is 6.61 Å². The van der Waals surface area contributed by atoms with E-state index in [1.54, 1.807) is 30.3 Å². The summed E-state index contributed by atoms with van der Waals surface area (Å²) in [6.07, 6.45) is 1.43. The number of carbonyl (C=O) groups excluding carboxylic acids is 3. The highest BCUT2D eigenvalue weighted by Crippen LogP contribution is 2.36. The van der Waals surface area contributed by atoms with Gasteiger partial charge in [-0.3, -0.25) is 4.79 Å². The number of ether oxygens (including phenoxy) is 2. The van der Waals surface area contributed by atoms with Crippen LogP contribution in [0.5, 0.6) is 11.5 Å². The molecule has 6 N–H and O–H groups in total. The molecule has 194 valence electrons. The summed E-state index contributed by atoms with van der Waals surface area (Å²) in [6, 6.07) is 16.9. The molecule has 3 aromatic carbocycles. The fourth-order valence-corrected chi connectivity index (χ4v) is 3.79. The molecule has 0 saturated heterocycles. The Morgan fingerprint density at radius 1 is 1.00 bits per heavy atom. The van der Waals surface area contributed by atoms with Crippen molar-refractivity contribution in [3.63, 3.8) is 0 Å². The molecule has 0 fully saturated rings. The van der Waals surface area contributed by atoms with Crippen LogP contribution in [0.4, 0.5) is 0 Å². The standard InChI is InChI=1S/C28H30N2O7/c1-2-3-15-36-25(32)21-17-20(31)14-13-18(21)16-23(29)26(33)37-24-12-8-7-11-22(24)28(35,27(30)34)19-9-5-4-6-10-19/h4-14,17,23,31,35H,2-3,15-16,29H2,1H3,(H2,30,34). The van der Waals surface area contributed by atoms with Crippen molar-refractivity contribution in [1.82, 2.24) is 0 Å². The number of rotatable bonds is 11. The van der Waals surface area contributed by atoms with E-state index in [2.05, 4.69) is 0 Å². The molecular formula is C28H30N2O7. The smallest absolute Gasteiger partial charge is 0.338 e. The zero-order valence-electron chi connectivity index (χ0n) is 20.4. The second-order valence-electron chi connectivity index (χ2n) is 8.50. The number of amides is 1. The molecule has 37 heavy (non-hydrogen) atoms. The van der Waals surface area contributed by atoms with Gasteiger partial charge in [0.2, 0.25) is 0 Å². The van der Waals surface area contributed by atoms with Gasteiger partial charge in [-0.1, -0.05) is 67.9 Å². The number of unbranched alkanes of at least 4 members (excludes halogenated alkanes) is 1. The van der Waals surface area contributed by atoms with Gasteiger partial charge in [0.1, 0.15) is 17.5 Å². The first-order valence-corrected chi connectivity index (χ1v) is 11.8. The first-order chi connectivity index (χ1) is 17.7. The van der Waals surface area contributed by atoms with Gasteiger partial charge in [0, 0.05) is 5.56 Å². The zero-order chi connectivity index (χ0) is 27.0. The third kappa shape index (κ3) is 6.32. The van der Waals surface area contributed by atoms with Gasteiger partial charge in [-0.15, -0.1) is 0 Å². The van der Waals surface area contributed by atoms with E-state index in [1.165, 1.54) is 42.5 Å². The minimum Gasteiger partial charge on any atom is -0.508 e. The first-order valence-electron chi connectivity index (χ1n) is 11.8. The second kappa shape index (κ2) is 12.2. The second-order valence-corrected chi connectivity index (χ2v) is 8.50. The third-order valence-electron chi connectivity index (χ3n) is 5.82. The van der Waals surface area contributed by atoms with E-state index in [1.807, 2.05) is 6.92 Å². The van der Waals surface area contributed by atoms with Crippen molar-refractivity contribution in [2.45, 2.75) is 37.8 Å². The number of hydrogen-bond donors (Lipinski definition) is 4. The fourth-order valence-electron chi connectivity index (χ4n) is 3.79. The van der Waals surface area contributed by atoms with Gasteiger partial charge in [-0.05, 0) is 42.2 Å². The largest absolute Gasteiger partial charge is 0.508 e. The molecule has 9 nitrogen and oxygen atoms in total. The van der Waals surface area contributed by atoms with Crippen molar-refractivity contribution < 1.29 is 34.1 Å². The molecule has 0 aliphatic carbocycles. The Kier molecular flexibility index (Phi) is 9.00. The van der Waals surface area contributed by atoms with Crippen LogP contribution in [0.2, 0.25) is 0 Å². The van der Waals surface area contributed by atoms with Crippen LogP contribution in [0.15, 0.2) is 72.8 Å². The van der Waals surface area contributed by atoms with Crippen LogP contribution < -0.4 is 16.2 Å². The summed E-state index contributed by atoms with van der Waals surface area (Å²) in [5.74, 6) is -2.80. The SMILES string of the molecule is CCCCOC(=O)c1cc(O)ccc1CC(N)C(=O)Oc1ccccc1C(O)(C(N)=O)c1ccccc1. The summed E-state index contributed by atoms with van der Waals surface area (Å²) in [4.78, 5) is 37.9. The third-order valence-corrected chi connectivity index (χ3v) is 5.82. The quantitative estimate of drug-likeness (QED) is 0.175. The van der Waals surface area contributed by atoms with Crippen LogP contribution >= 0.6 is 0 Å². The lowest BCUT2D eigenvalue weighted by molar-refractivity contribution is -0.137. The van der Waals surface area contributed by atoms with Gasteiger partial charge in [0.25, 0.3) is 5.91 Å². The van der Waals surface area contributed by atoms with Crippen LogP contribution in [0.3, 0.4) is 0 Å². The highest BCUT2D eigenvalue weighted by atomic mass is 16.5. The number of phenolic OH excluding ortho intramolecular Hbond substituents is 1. The van der Waals surface area contributed by atoms with Gasteiger partial charge in [0.05, 0.1) is 12.2 Å². The van der Waals surface area contributed by atoms with Crippen LogP contribution in [0.1, 0.15) is 46.8 Å². The normalized spacial score (nSPS) is 13.3. The summed E-state index contributed by atoms with van der Waals surface area (Å²) in [6.45, 7) is 2.18. The number of benzene rings is 3. The summed E-state index contributed by atoms with van der Waals surface area (Å²) < 4.78 is 10.7. The van der Waals surface area contributed by atoms with Gasteiger partial charge >= 0.3 is 11.9 Å². The molecule has 2 unspecified atom stereocenters. The molecule has 1 amide bonds. The van der Waals surface area contributed by atoms with Crippen LogP contribution in [-0.4, -0.2) is 40.7 Å². The molecule has 2 atom stereocenters. The molecule has 0 spiro atoms. The number of primary amides is 1. The van der Waals surface area contributed by atoms with Gasteiger partial charge in [-0.25, -0.2) is 9.59 Å². The van der Waals surface area contributed by atoms with E-state index in [9.17, 15) is 24.6 Å².